The molecule has 0 unspecified atom stereocenters. The van der Waals surface area contributed by atoms with Crippen LogP contribution in [0.25, 0.3) is 10.4 Å². The molecular weight excluding hydrogens is 293 g/mol. The van der Waals surface area contributed by atoms with Crippen molar-refractivity contribution in [3.05, 3.63) is 36.5 Å². The van der Waals surface area contributed by atoms with Crippen molar-refractivity contribution >= 4 is 22.6 Å². The van der Waals surface area contributed by atoms with Crippen molar-refractivity contribution in [3.8, 4) is 10.4 Å². The highest BCUT2D eigenvalue weighted by Crippen LogP contribution is 2.28. The monoisotopic (exact) mass is 302 g/mol. The van der Waals surface area contributed by atoms with Crippen molar-refractivity contribution in [2.75, 3.05) is 11.9 Å². The first-order valence-corrected chi connectivity index (χ1v) is 6.27. The van der Waals surface area contributed by atoms with Crippen molar-refractivity contribution < 1.29 is 22.7 Å². The van der Waals surface area contributed by atoms with Crippen LogP contribution in [0.15, 0.2) is 36.5 Å². The maximum absolute atomic E-state index is 11.9. The van der Waals surface area contributed by atoms with Crippen LogP contribution in [0.3, 0.4) is 0 Å². The Bertz CT molecular complexity index is 584. The van der Waals surface area contributed by atoms with E-state index in [1.807, 2.05) is 30.3 Å². The Labute approximate surface area is 116 Å². The number of amides is 1. The van der Waals surface area contributed by atoms with Crippen molar-refractivity contribution in [2.24, 2.45) is 0 Å². The third-order valence-electron chi connectivity index (χ3n) is 2.14. The van der Waals surface area contributed by atoms with Crippen LogP contribution in [0.5, 0.6) is 0 Å². The first kappa shape index (κ1) is 14.3. The first-order chi connectivity index (χ1) is 9.44. The largest absolute Gasteiger partial charge is 0.440 e. The zero-order valence-electron chi connectivity index (χ0n) is 9.98. The summed E-state index contributed by atoms with van der Waals surface area (Å²) in [4.78, 5) is 15.8. The number of hydrogen-bond acceptors (Lipinski definition) is 4. The van der Waals surface area contributed by atoms with Crippen LogP contribution in [0.1, 0.15) is 0 Å². The molecule has 20 heavy (non-hydrogen) atoms. The molecule has 1 amide bonds. The van der Waals surface area contributed by atoms with Crippen molar-refractivity contribution in [1.29, 1.82) is 0 Å². The summed E-state index contributed by atoms with van der Waals surface area (Å²) in [6.45, 7) is -1.63. The van der Waals surface area contributed by atoms with Gasteiger partial charge in [0.25, 0.3) is 0 Å². The summed E-state index contributed by atoms with van der Waals surface area (Å²) in [6, 6.07) is 9.27. The van der Waals surface area contributed by atoms with Gasteiger partial charge in [0.2, 0.25) is 0 Å². The number of aromatic nitrogens is 1. The van der Waals surface area contributed by atoms with E-state index in [-0.39, 0.29) is 5.13 Å². The fourth-order valence-corrected chi connectivity index (χ4v) is 2.15. The molecule has 0 spiro atoms. The van der Waals surface area contributed by atoms with Crippen LogP contribution < -0.4 is 5.32 Å². The Morgan fingerprint density at radius 1 is 1.30 bits per heavy atom. The number of carbonyl (C=O) groups is 1. The molecule has 0 aliphatic carbocycles. The number of thiazole rings is 1. The van der Waals surface area contributed by atoms with Crippen LogP contribution in [0, 0.1) is 0 Å². The van der Waals surface area contributed by atoms with E-state index < -0.39 is 18.9 Å². The van der Waals surface area contributed by atoms with Crippen LogP contribution in [-0.2, 0) is 4.74 Å². The molecule has 1 aromatic heterocycles. The molecule has 0 radical (unpaired) electrons. The fourth-order valence-electron chi connectivity index (χ4n) is 1.34. The maximum atomic E-state index is 11.9. The van der Waals surface area contributed by atoms with Gasteiger partial charge in [-0.1, -0.05) is 41.7 Å². The Morgan fingerprint density at radius 3 is 2.65 bits per heavy atom. The zero-order chi connectivity index (χ0) is 14.6. The summed E-state index contributed by atoms with van der Waals surface area (Å²) in [5.41, 5.74) is 0.904. The highest BCUT2D eigenvalue weighted by atomic mass is 32.1. The number of benzene rings is 1. The van der Waals surface area contributed by atoms with E-state index in [0.717, 1.165) is 21.8 Å². The van der Waals surface area contributed by atoms with Crippen molar-refractivity contribution in [1.82, 2.24) is 4.98 Å². The molecule has 2 aromatic rings. The third kappa shape index (κ3) is 4.23. The van der Waals surface area contributed by atoms with E-state index in [1.54, 1.807) is 0 Å². The van der Waals surface area contributed by atoms with Gasteiger partial charge < -0.3 is 4.74 Å². The molecule has 1 heterocycles. The Balaban J connectivity index is 1.95. The number of nitrogens with zero attached hydrogens (tertiary/aromatic N) is 1. The highest BCUT2D eigenvalue weighted by molar-refractivity contribution is 7.19. The van der Waals surface area contributed by atoms with E-state index >= 15 is 0 Å². The predicted octanol–water partition coefficient (Wildman–Crippen LogP) is 3.92. The molecule has 0 saturated heterocycles. The van der Waals surface area contributed by atoms with Crippen LogP contribution in [-0.4, -0.2) is 23.9 Å². The highest BCUT2D eigenvalue weighted by Gasteiger charge is 2.29. The minimum absolute atomic E-state index is 0.177. The summed E-state index contributed by atoms with van der Waals surface area (Å²) in [6.07, 6.45) is -4.20. The fraction of sp³-hybridized carbons (Fsp3) is 0.167. The molecular formula is C12H9F3N2O2S. The van der Waals surface area contributed by atoms with Gasteiger partial charge >= 0.3 is 12.3 Å². The lowest BCUT2D eigenvalue weighted by molar-refractivity contribution is -0.159. The van der Waals surface area contributed by atoms with E-state index in [9.17, 15) is 18.0 Å². The first-order valence-electron chi connectivity index (χ1n) is 5.46. The van der Waals surface area contributed by atoms with E-state index in [1.165, 1.54) is 6.20 Å². The molecule has 0 aliphatic rings. The molecule has 2 rings (SSSR count). The average molecular weight is 302 g/mol. The quantitative estimate of drug-likeness (QED) is 0.935. The molecule has 0 aliphatic heterocycles. The van der Waals surface area contributed by atoms with E-state index in [2.05, 4.69) is 15.0 Å². The second-order valence-corrected chi connectivity index (χ2v) is 4.74. The Kier molecular flexibility index (Phi) is 4.23. The SMILES string of the molecule is O=C(Nc1ncc(-c2ccccc2)s1)OCC(F)(F)F. The number of nitrogens with one attached hydrogen (secondary N) is 1. The molecule has 8 heteroatoms. The standard InChI is InChI=1S/C12H9F3N2O2S/c13-12(14,15)7-19-11(18)17-10-16-6-9(20-10)8-4-2-1-3-5-8/h1-6H,7H2,(H,16,17,18). The average Bonchev–Trinajstić information content (AvgIpc) is 2.85. The van der Waals surface area contributed by atoms with E-state index in [0.29, 0.717) is 0 Å². The number of ether oxygens (including phenoxy) is 1. The molecule has 0 saturated carbocycles. The number of alkyl halides is 3. The van der Waals surface area contributed by atoms with Gasteiger partial charge in [-0.3, -0.25) is 5.32 Å². The molecule has 1 N–H and O–H groups in total. The van der Waals surface area contributed by atoms with Crippen molar-refractivity contribution in [3.63, 3.8) is 0 Å². The number of rotatable bonds is 3. The van der Waals surface area contributed by atoms with Gasteiger partial charge in [0.15, 0.2) is 11.7 Å². The summed E-state index contributed by atoms with van der Waals surface area (Å²) in [5, 5.41) is 2.33. The van der Waals surface area contributed by atoms with Gasteiger partial charge in [0.1, 0.15) is 0 Å². The maximum Gasteiger partial charge on any atom is 0.422 e. The normalized spacial score (nSPS) is 11.2. The Hall–Kier alpha value is -2.09. The number of halogens is 3. The lowest BCUT2D eigenvalue weighted by Gasteiger charge is -2.07. The lowest BCUT2D eigenvalue weighted by atomic mass is 10.2. The summed E-state index contributed by atoms with van der Waals surface area (Å²) >= 11 is 1.14. The van der Waals surface area contributed by atoms with Gasteiger partial charge in [0.05, 0.1) is 4.88 Å². The summed E-state index contributed by atoms with van der Waals surface area (Å²) in [5.74, 6) is 0. The van der Waals surface area contributed by atoms with Gasteiger partial charge in [0, 0.05) is 6.20 Å². The number of anilines is 1. The minimum Gasteiger partial charge on any atom is -0.440 e. The summed E-state index contributed by atoms with van der Waals surface area (Å²) in [7, 11) is 0. The topological polar surface area (TPSA) is 51.2 Å². The summed E-state index contributed by atoms with van der Waals surface area (Å²) < 4.78 is 39.6. The van der Waals surface area contributed by atoms with Crippen LogP contribution in [0.2, 0.25) is 0 Å². The van der Waals surface area contributed by atoms with Crippen LogP contribution >= 0.6 is 11.3 Å². The number of carbonyl (C=O) groups excluding carboxylic acids is 1. The molecule has 1 aromatic carbocycles. The van der Waals surface area contributed by atoms with Gasteiger partial charge in [-0.05, 0) is 5.56 Å². The lowest BCUT2D eigenvalue weighted by Crippen LogP contribution is -2.23. The van der Waals surface area contributed by atoms with Crippen LogP contribution in [0.4, 0.5) is 23.1 Å². The van der Waals surface area contributed by atoms with Gasteiger partial charge in [-0.25, -0.2) is 9.78 Å². The second kappa shape index (κ2) is 5.91. The minimum atomic E-state index is -4.55. The predicted molar refractivity (Wildman–Crippen MR) is 68.6 cm³/mol. The van der Waals surface area contributed by atoms with Crippen molar-refractivity contribution in [2.45, 2.75) is 6.18 Å². The number of hydrogen-bond donors (Lipinski definition) is 1. The second-order valence-electron chi connectivity index (χ2n) is 3.71. The smallest absolute Gasteiger partial charge is 0.422 e. The Morgan fingerprint density at radius 2 is 2.00 bits per heavy atom. The third-order valence-corrected chi connectivity index (χ3v) is 3.10. The van der Waals surface area contributed by atoms with Gasteiger partial charge in [-0.15, -0.1) is 0 Å². The zero-order valence-corrected chi connectivity index (χ0v) is 10.8. The molecule has 0 bridgehead atoms. The molecule has 4 nitrogen and oxygen atoms in total. The molecule has 106 valence electrons. The molecule has 0 fully saturated rings. The van der Waals surface area contributed by atoms with Gasteiger partial charge in [-0.2, -0.15) is 13.2 Å². The van der Waals surface area contributed by atoms with E-state index in [4.69, 9.17) is 0 Å². The molecule has 0 atom stereocenters.